The van der Waals surface area contributed by atoms with Crippen molar-refractivity contribution in [1.29, 1.82) is 0 Å². The van der Waals surface area contributed by atoms with Crippen molar-refractivity contribution in [2.75, 3.05) is 0 Å². The highest BCUT2D eigenvalue weighted by atomic mass is 32.1. The van der Waals surface area contributed by atoms with E-state index in [0.29, 0.717) is 12.1 Å². The van der Waals surface area contributed by atoms with Gasteiger partial charge in [-0.3, -0.25) is 4.79 Å². The summed E-state index contributed by atoms with van der Waals surface area (Å²) in [6, 6.07) is 7.06. The first-order valence-electron chi connectivity index (χ1n) is 5.68. The number of aromatic hydroxyl groups is 1. The van der Waals surface area contributed by atoms with Gasteiger partial charge in [0.1, 0.15) is 5.75 Å². The van der Waals surface area contributed by atoms with Gasteiger partial charge < -0.3 is 10.4 Å². The second kappa shape index (κ2) is 5.23. The third-order valence-electron chi connectivity index (χ3n) is 2.78. The summed E-state index contributed by atoms with van der Waals surface area (Å²) in [6.07, 6.45) is 0. The van der Waals surface area contributed by atoms with Crippen LogP contribution in [-0.2, 0) is 6.54 Å². The molecule has 0 aliphatic heterocycles. The molecule has 0 aliphatic rings. The Kier molecular flexibility index (Phi) is 3.67. The van der Waals surface area contributed by atoms with Gasteiger partial charge in [-0.25, -0.2) is 0 Å². The summed E-state index contributed by atoms with van der Waals surface area (Å²) in [4.78, 5) is 13.1. The zero-order valence-corrected chi connectivity index (χ0v) is 11.2. The molecule has 1 heterocycles. The van der Waals surface area contributed by atoms with Crippen LogP contribution in [0.4, 0.5) is 0 Å². The van der Waals surface area contributed by atoms with Crippen LogP contribution in [0, 0.1) is 13.8 Å². The number of amides is 1. The van der Waals surface area contributed by atoms with Crippen LogP contribution < -0.4 is 5.32 Å². The minimum Gasteiger partial charge on any atom is -0.507 e. The van der Waals surface area contributed by atoms with Crippen LogP contribution in [0.1, 0.15) is 26.4 Å². The van der Waals surface area contributed by atoms with E-state index in [2.05, 4.69) is 5.32 Å². The summed E-state index contributed by atoms with van der Waals surface area (Å²) in [7, 11) is 0. The lowest BCUT2D eigenvalue weighted by molar-refractivity contribution is 0.0948. The predicted octanol–water partition coefficient (Wildman–Crippen LogP) is 3.00. The monoisotopic (exact) mass is 261 g/mol. The van der Waals surface area contributed by atoms with Crippen LogP contribution >= 0.6 is 11.3 Å². The molecule has 4 heteroatoms. The molecule has 0 bridgehead atoms. The highest BCUT2D eigenvalue weighted by Gasteiger charge is 2.11. The molecular weight excluding hydrogens is 246 g/mol. The molecular formula is C14H15NO2S. The SMILES string of the molecule is Cc1ccc(C(=O)NCc2sccc2C)c(O)c1. The highest BCUT2D eigenvalue weighted by Crippen LogP contribution is 2.19. The van der Waals surface area contributed by atoms with Crippen LogP contribution in [0.25, 0.3) is 0 Å². The molecule has 94 valence electrons. The van der Waals surface area contributed by atoms with Crippen molar-refractivity contribution in [3.63, 3.8) is 0 Å². The Morgan fingerprint density at radius 3 is 2.72 bits per heavy atom. The summed E-state index contributed by atoms with van der Waals surface area (Å²) in [5.74, 6) is -0.226. The number of aryl methyl sites for hydroxylation is 2. The van der Waals surface area contributed by atoms with E-state index in [0.717, 1.165) is 10.4 Å². The summed E-state index contributed by atoms with van der Waals surface area (Å²) in [5, 5.41) is 14.5. The van der Waals surface area contributed by atoms with E-state index < -0.39 is 0 Å². The average molecular weight is 261 g/mol. The van der Waals surface area contributed by atoms with E-state index in [4.69, 9.17) is 0 Å². The van der Waals surface area contributed by atoms with Crippen molar-refractivity contribution >= 4 is 17.2 Å². The molecule has 3 nitrogen and oxygen atoms in total. The normalized spacial score (nSPS) is 10.3. The number of hydrogen-bond donors (Lipinski definition) is 2. The van der Waals surface area contributed by atoms with Gasteiger partial charge in [0.15, 0.2) is 0 Å². The fraction of sp³-hybridized carbons (Fsp3) is 0.214. The van der Waals surface area contributed by atoms with Gasteiger partial charge in [0.05, 0.1) is 12.1 Å². The highest BCUT2D eigenvalue weighted by molar-refractivity contribution is 7.10. The topological polar surface area (TPSA) is 49.3 Å². The number of phenols is 1. The van der Waals surface area contributed by atoms with Crippen LogP contribution in [0.5, 0.6) is 5.75 Å². The Morgan fingerprint density at radius 2 is 2.11 bits per heavy atom. The Balaban J connectivity index is 2.06. The van der Waals surface area contributed by atoms with E-state index in [1.807, 2.05) is 31.4 Å². The maximum Gasteiger partial charge on any atom is 0.255 e. The molecule has 0 atom stereocenters. The standard InChI is InChI=1S/C14H15NO2S/c1-9-3-4-11(12(16)7-9)14(17)15-8-13-10(2)5-6-18-13/h3-7,16H,8H2,1-2H3,(H,15,17). The number of rotatable bonds is 3. The maximum atomic E-state index is 11.9. The van der Waals surface area contributed by atoms with Crippen molar-refractivity contribution in [3.8, 4) is 5.75 Å². The number of thiophene rings is 1. The lowest BCUT2D eigenvalue weighted by Gasteiger charge is -2.07. The summed E-state index contributed by atoms with van der Waals surface area (Å²) < 4.78 is 0. The summed E-state index contributed by atoms with van der Waals surface area (Å²) in [5.41, 5.74) is 2.42. The van der Waals surface area contributed by atoms with E-state index in [9.17, 15) is 9.90 Å². The lowest BCUT2D eigenvalue weighted by Crippen LogP contribution is -2.22. The predicted molar refractivity (Wildman–Crippen MR) is 73.1 cm³/mol. The second-order valence-electron chi connectivity index (χ2n) is 4.23. The Bertz CT molecular complexity index is 575. The molecule has 2 aromatic rings. The van der Waals surface area contributed by atoms with Crippen molar-refractivity contribution < 1.29 is 9.90 Å². The van der Waals surface area contributed by atoms with Gasteiger partial charge in [-0.15, -0.1) is 11.3 Å². The van der Waals surface area contributed by atoms with Crippen LogP contribution in [0.15, 0.2) is 29.6 Å². The first-order chi connectivity index (χ1) is 8.58. The van der Waals surface area contributed by atoms with Gasteiger partial charge in [-0.1, -0.05) is 6.07 Å². The fourth-order valence-electron chi connectivity index (χ4n) is 1.67. The zero-order chi connectivity index (χ0) is 13.1. The lowest BCUT2D eigenvalue weighted by atomic mass is 10.1. The van der Waals surface area contributed by atoms with Gasteiger partial charge in [-0.05, 0) is 48.6 Å². The molecule has 0 fully saturated rings. The van der Waals surface area contributed by atoms with Gasteiger partial charge in [0.25, 0.3) is 5.91 Å². The number of benzene rings is 1. The van der Waals surface area contributed by atoms with Gasteiger partial charge in [0.2, 0.25) is 0 Å². The summed E-state index contributed by atoms with van der Waals surface area (Å²) in [6.45, 7) is 4.38. The Hall–Kier alpha value is -1.81. The molecule has 18 heavy (non-hydrogen) atoms. The first-order valence-corrected chi connectivity index (χ1v) is 6.56. The molecule has 0 aliphatic carbocycles. The van der Waals surface area contributed by atoms with Crippen LogP contribution in [0.2, 0.25) is 0 Å². The smallest absolute Gasteiger partial charge is 0.255 e. The molecule has 1 aromatic carbocycles. The van der Waals surface area contributed by atoms with Crippen LogP contribution in [-0.4, -0.2) is 11.0 Å². The number of phenolic OH excluding ortho intramolecular Hbond substituents is 1. The van der Waals surface area contributed by atoms with Crippen molar-refractivity contribution in [2.45, 2.75) is 20.4 Å². The van der Waals surface area contributed by atoms with Crippen molar-refractivity contribution in [2.24, 2.45) is 0 Å². The maximum absolute atomic E-state index is 11.9. The molecule has 0 saturated heterocycles. The molecule has 0 radical (unpaired) electrons. The fourth-order valence-corrected chi connectivity index (χ4v) is 2.52. The summed E-state index contributed by atoms with van der Waals surface area (Å²) >= 11 is 1.62. The van der Waals surface area contributed by atoms with Crippen molar-refractivity contribution in [1.82, 2.24) is 5.32 Å². The minimum atomic E-state index is -0.250. The Labute approximate surface area is 110 Å². The van der Waals surface area contributed by atoms with Gasteiger partial charge in [-0.2, -0.15) is 0 Å². The number of nitrogens with one attached hydrogen (secondary N) is 1. The molecule has 0 unspecified atom stereocenters. The average Bonchev–Trinajstić information content (AvgIpc) is 2.72. The third kappa shape index (κ3) is 2.71. The van der Waals surface area contributed by atoms with Gasteiger partial charge in [0, 0.05) is 4.88 Å². The number of carbonyl (C=O) groups is 1. The van der Waals surface area contributed by atoms with E-state index in [1.165, 1.54) is 5.56 Å². The largest absolute Gasteiger partial charge is 0.507 e. The number of hydrogen-bond acceptors (Lipinski definition) is 3. The third-order valence-corrected chi connectivity index (χ3v) is 3.80. The van der Waals surface area contributed by atoms with E-state index in [1.54, 1.807) is 23.5 Å². The quantitative estimate of drug-likeness (QED) is 0.892. The van der Waals surface area contributed by atoms with Gasteiger partial charge >= 0.3 is 0 Å². The number of carbonyl (C=O) groups excluding carboxylic acids is 1. The first kappa shape index (κ1) is 12.6. The molecule has 1 amide bonds. The van der Waals surface area contributed by atoms with E-state index >= 15 is 0 Å². The zero-order valence-electron chi connectivity index (χ0n) is 10.4. The molecule has 2 N–H and O–H groups in total. The second-order valence-corrected chi connectivity index (χ2v) is 5.23. The molecule has 1 aromatic heterocycles. The molecule has 2 rings (SSSR count). The molecule has 0 spiro atoms. The Morgan fingerprint density at radius 1 is 1.33 bits per heavy atom. The minimum absolute atomic E-state index is 0.0235. The molecule has 0 saturated carbocycles. The van der Waals surface area contributed by atoms with Crippen molar-refractivity contribution in [3.05, 3.63) is 51.2 Å². The van der Waals surface area contributed by atoms with Crippen LogP contribution in [0.3, 0.4) is 0 Å². The van der Waals surface area contributed by atoms with E-state index in [-0.39, 0.29) is 11.7 Å².